The van der Waals surface area contributed by atoms with Crippen LogP contribution in [0.1, 0.15) is 28.2 Å². The molecule has 0 spiro atoms. The molecule has 1 fully saturated rings. The van der Waals surface area contributed by atoms with Crippen molar-refractivity contribution in [3.8, 4) is 0 Å². The normalized spacial score (nSPS) is 18.1. The molecule has 6 heteroatoms. The number of ether oxygens (including phenoxy) is 1. The quantitative estimate of drug-likeness (QED) is 0.881. The summed E-state index contributed by atoms with van der Waals surface area (Å²) in [7, 11) is 0. The van der Waals surface area contributed by atoms with Crippen molar-refractivity contribution >= 4 is 28.8 Å². The van der Waals surface area contributed by atoms with Gasteiger partial charge in [0.15, 0.2) is 0 Å². The third-order valence-electron chi connectivity index (χ3n) is 4.21. The van der Waals surface area contributed by atoms with Crippen LogP contribution in [0.25, 0.3) is 0 Å². The van der Waals surface area contributed by atoms with Crippen LogP contribution in [-0.2, 0) is 4.74 Å². The molecule has 3 rings (SSSR count). The van der Waals surface area contributed by atoms with Gasteiger partial charge in [-0.2, -0.15) is 0 Å². The van der Waals surface area contributed by atoms with Crippen molar-refractivity contribution in [1.29, 1.82) is 0 Å². The SMILES string of the molecule is C[C@@H](NC(=O)c1ccc(Cl)cc1)[C@H](c1cccs1)N1CCOCC1. The van der Waals surface area contributed by atoms with Crippen molar-refractivity contribution < 1.29 is 9.53 Å². The Hall–Kier alpha value is -1.40. The highest BCUT2D eigenvalue weighted by atomic mass is 35.5. The number of carbonyl (C=O) groups excluding carboxylic acids is 1. The number of thiophene rings is 1. The fourth-order valence-corrected chi connectivity index (χ4v) is 4.12. The Morgan fingerprint density at radius 2 is 1.96 bits per heavy atom. The minimum absolute atomic E-state index is 0.00933. The van der Waals surface area contributed by atoms with Crippen molar-refractivity contribution in [2.75, 3.05) is 26.3 Å². The first-order chi connectivity index (χ1) is 11.6. The third-order valence-corrected chi connectivity index (χ3v) is 5.41. The van der Waals surface area contributed by atoms with Crippen molar-refractivity contribution in [2.45, 2.75) is 19.0 Å². The molecule has 1 N–H and O–H groups in total. The Labute approximate surface area is 151 Å². The summed E-state index contributed by atoms with van der Waals surface area (Å²) in [6.45, 7) is 5.29. The molecular weight excluding hydrogens is 344 g/mol. The molecule has 0 bridgehead atoms. The fourth-order valence-electron chi connectivity index (χ4n) is 3.03. The summed E-state index contributed by atoms with van der Waals surface area (Å²) in [5.74, 6) is -0.0750. The van der Waals surface area contributed by atoms with Gasteiger partial charge in [-0.3, -0.25) is 9.69 Å². The van der Waals surface area contributed by atoms with Crippen LogP contribution in [0.3, 0.4) is 0 Å². The van der Waals surface area contributed by atoms with Crippen molar-refractivity contribution in [2.24, 2.45) is 0 Å². The van der Waals surface area contributed by atoms with E-state index in [0.717, 1.165) is 26.3 Å². The maximum atomic E-state index is 12.5. The second-order valence-electron chi connectivity index (χ2n) is 5.88. The number of hydrogen-bond donors (Lipinski definition) is 1. The average molecular weight is 365 g/mol. The molecule has 2 atom stereocenters. The second kappa shape index (κ2) is 8.12. The number of rotatable bonds is 5. The van der Waals surface area contributed by atoms with Crippen LogP contribution in [0, 0.1) is 0 Å². The lowest BCUT2D eigenvalue weighted by atomic mass is 10.0. The van der Waals surface area contributed by atoms with E-state index in [1.54, 1.807) is 35.6 Å². The van der Waals surface area contributed by atoms with Gasteiger partial charge < -0.3 is 10.1 Å². The molecule has 1 aromatic carbocycles. The Morgan fingerprint density at radius 3 is 2.58 bits per heavy atom. The minimum Gasteiger partial charge on any atom is -0.379 e. The van der Waals surface area contributed by atoms with Gasteiger partial charge in [0.2, 0.25) is 0 Å². The molecule has 24 heavy (non-hydrogen) atoms. The van der Waals surface area contributed by atoms with Gasteiger partial charge in [-0.15, -0.1) is 11.3 Å². The molecule has 1 aromatic heterocycles. The summed E-state index contributed by atoms with van der Waals surface area (Å²) in [6, 6.07) is 11.3. The summed E-state index contributed by atoms with van der Waals surface area (Å²) < 4.78 is 5.47. The van der Waals surface area contributed by atoms with Gasteiger partial charge in [0.25, 0.3) is 5.91 Å². The Bertz CT molecular complexity index is 654. The zero-order valence-electron chi connectivity index (χ0n) is 13.6. The largest absolute Gasteiger partial charge is 0.379 e. The number of nitrogens with zero attached hydrogens (tertiary/aromatic N) is 1. The van der Waals surface area contributed by atoms with Crippen LogP contribution in [0.15, 0.2) is 41.8 Å². The highest BCUT2D eigenvalue weighted by Crippen LogP contribution is 2.29. The Morgan fingerprint density at radius 1 is 1.25 bits per heavy atom. The average Bonchev–Trinajstić information content (AvgIpc) is 3.10. The topological polar surface area (TPSA) is 41.6 Å². The van der Waals surface area contributed by atoms with E-state index in [2.05, 4.69) is 34.7 Å². The molecule has 2 aromatic rings. The summed E-state index contributed by atoms with van der Waals surface area (Å²) in [4.78, 5) is 16.2. The molecule has 0 radical (unpaired) electrons. The summed E-state index contributed by atoms with van der Waals surface area (Å²) in [5, 5.41) is 5.85. The zero-order chi connectivity index (χ0) is 16.9. The summed E-state index contributed by atoms with van der Waals surface area (Å²) in [5.41, 5.74) is 0.623. The molecule has 0 saturated carbocycles. The number of nitrogens with one attached hydrogen (secondary N) is 1. The number of morpholine rings is 1. The predicted octanol–water partition coefficient (Wildman–Crippen LogP) is 3.59. The van der Waals surface area contributed by atoms with E-state index in [-0.39, 0.29) is 18.0 Å². The number of carbonyl (C=O) groups is 1. The number of hydrogen-bond acceptors (Lipinski definition) is 4. The lowest BCUT2D eigenvalue weighted by molar-refractivity contribution is 0.00969. The zero-order valence-corrected chi connectivity index (χ0v) is 15.1. The van der Waals surface area contributed by atoms with Crippen molar-refractivity contribution in [3.05, 3.63) is 57.2 Å². The van der Waals surface area contributed by atoms with Gasteiger partial charge in [0, 0.05) is 34.6 Å². The van der Waals surface area contributed by atoms with E-state index in [9.17, 15) is 4.79 Å². The first-order valence-electron chi connectivity index (χ1n) is 8.07. The molecule has 2 heterocycles. The van der Waals surface area contributed by atoms with Crippen molar-refractivity contribution in [3.63, 3.8) is 0 Å². The molecule has 1 aliphatic heterocycles. The van der Waals surface area contributed by atoms with Gasteiger partial charge >= 0.3 is 0 Å². The second-order valence-corrected chi connectivity index (χ2v) is 7.29. The minimum atomic E-state index is -0.0750. The lowest BCUT2D eigenvalue weighted by Gasteiger charge is -2.37. The van der Waals surface area contributed by atoms with Gasteiger partial charge in [-0.1, -0.05) is 17.7 Å². The summed E-state index contributed by atoms with van der Waals surface area (Å²) >= 11 is 7.62. The molecule has 1 aliphatic rings. The van der Waals surface area contributed by atoms with Gasteiger partial charge in [-0.25, -0.2) is 0 Å². The van der Waals surface area contributed by atoms with E-state index in [1.807, 2.05) is 0 Å². The maximum absolute atomic E-state index is 12.5. The maximum Gasteiger partial charge on any atom is 0.251 e. The Balaban J connectivity index is 1.74. The van der Waals surface area contributed by atoms with E-state index in [1.165, 1.54) is 4.88 Å². The first kappa shape index (κ1) is 17.4. The Kier molecular flexibility index (Phi) is 5.89. The third kappa shape index (κ3) is 4.16. The number of halogens is 1. The van der Waals surface area contributed by atoms with Crippen LogP contribution in [0.4, 0.5) is 0 Å². The van der Waals surface area contributed by atoms with Crippen LogP contribution >= 0.6 is 22.9 Å². The first-order valence-corrected chi connectivity index (χ1v) is 9.32. The molecular formula is C18H21ClN2O2S. The van der Waals surface area contributed by atoms with Crippen LogP contribution in [0.5, 0.6) is 0 Å². The van der Waals surface area contributed by atoms with Gasteiger partial charge in [0.05, 0.1) is 19.3 Å². The molecule has 1 amide bonds. The smallest absolute Gasteiger partial charge is 0.251 e. The number of benzene rings is 1. The van der Waals surface area contributed by atoms with E-state index in [0.29, 0.717) is 10.6 Å². The molecule has 0 aliphatic carbocycles. The standard InChI is InChI=1S/C18H21ClN2O2S/c1-13(20-18(22)14-4-6-15(19)7-5-14)17(16-3-2-12-24-16)21-8-10-23-11-9-21/h2-7,12-13,17H,8-11H2,1H3,(H,20,22)/t13-,17-/m1/s1. The lowest BCUT2D eigenvalue weighted by Crippen LogP contribution is -2.48. The molecule has 1 saturated heterocycles. The van der Waals surface area contributed by atoms with Crippen molar-refractivity contribution in [1.82, 2.24) is 10.2 Å². The predicted molar refractivity (Wildman–Crippen MR) is 97.8 cm³/mol. The van der Waals surface area contributed by atoms with Gasteiger partial charge in [0.1, 0.15) is 0 Å². The molecule has 4 nitrogen and oxygen atoms in total. The summed E-state index contributed by atoms with van der Waals surface area (Å²) in [6.07, 6.45) is 0. The van der Waals surface area contributed by atoms with E-state index in [4.69, 9.17) is 16.3 Å². The highest BCUT2D eigenvalue weighted by molar-refractivity contribution is 7.10. The fraction of sp³-hybridized carbons (Fsp3) is 0.389. The van der Waals surface area contributed by atoms with Crippen LogP contribution < -0.4 is 5.32 Å². The highest BCUT2D eigenvalue weighted by Gasteiger charge is 2.29. The number of amides is 1. The molecule has 0 unspecified atom stereocenters. The van der Waals surface area contributed by atoms with Crippen LogP contribution in [0.2, 0.25) is 5.02 Å². The van der Waals surface area contributed by atoms with E-state index < -0.39 is 0 Å². The van der Waals surface area contributed by atoms with E-state index >= 15 is 0 Å². The monoisotopic (exact) mass is 364 g/mol. The molecule has 128 valence electrons. The van der Waals surface area contributed by atoms with Gasteiger partial charge in [-0.05, 0) is 42.6 Å². The van der Waals surface area contributed by atoms with Crippen LogP contribution in [-0.4, -0.2) is 43.2 Å².